The summed E-state index contributed by atoms with van der Waals surface area (Å²) in [7, 11) is 1.58. The normalized spacial score (nSPS) is 15.2. The second-order valence-corrected chi connectivity index (χ2v) is 12.8. The van der Waals surface area contributed by atoms with E-state index in [0.29, 0.717) is 44.9 Å². The maximum absolute atomic E-state index is 14.0. The minimum Gasteiger partial charge on any atom is -0.496 e. The van der Waals surface area contributed by atoms with E-state index in [1.807, 2.05) is 50.3 Å². The van der Waals surface area contributed by atoms with Gasteiger partial charge in [-0.25, -0.2) is 9.79 Å². The lowest BCUT2D eigenvalue weighted by atomic mass is 9.93. The smallest absolute Gasteiger partial charge is 0.338 e. The van der Waals surface area contributed by atoms with Gasteiger partial charge in [0.05, 0.1) is 43.3 Å². The predicted octanol–water partition coefficient (Wildman–Crippen LogP) is 5.96. The molecule has 3 aromatic rings. The molecule has 4 rings (SSSR count). The Bertz CT molecular complexity index is 1610. The van der Waals surface area contributed by atoms with Gasteiger partial charge in [-0.2, -0.15) is 0 Å². The van der Waals surface area contributed by atoms with E-state index >= 15 is 0 Å². The third-order valence-electron chi connectivity index (χ3n) is 5.99. The lowest BCUT2D eigenvalue weighted by molar-refractivity contribution is -0.139. The summed E-state index contributed by atoms with van der Waals surface area (Å²) in [5.74, 6) is 0.914. The number of aromatic nitrogens is 1. The number of carbonyl (C=O) groups excluding carboxylic acids is 1. The summed E-state index contributed by atoms with van der Waals surface area (Å²) in [5, 5.41) is 0. The number of hydrogen-bond acceptors (Lipinski definition) is 7. The van der Waals surface area contributed by atoms with Gasteiger partial charge in [0, 0.05) is 10.0 Å². The summed E-state index contributed by atoms with van der Waals surface area (Å²) in [4.78, 5) is 32.8. The van der Waals surface area contributed by atoms with Crippen molar-refractivity contribution in [3.63, 3.8) is 0 Å². The minimum atomic E-state index is -0.753. The number of esters is 1. The van der Waals surface area contributed by atoms with Gasteiger partial charge in [-0.1, -0.05) is 40.6 Å². The molecule has 0 fully saturated rings. The Balaban J connectivity index is 2.01. The zero-order chi connectivity index (χ0) is 28.3. The fourth-order valence-corrected chi connectivity index (χ4v) is 7.96. The van der Waals surface area contributed by atoms with Crippen LogP contribution in [0.1, 0.15) is 50.8 Å². The van der Waals surface area contributed by atoms with E-state index in [9.17, 15) is 9.59 Å². The summed E-state index contributed by atoms with van der Waals surface area (Å²) in [6.45, 7) is 6.54. The molecule has 206 valence electrons. The van der Waals surface area contributed by atoms with Gasteiger partial charge in [0.15, 0.2) is 4.80 Å². The molecular weight excluding hydrogens is 810 g/mol. The molecule has 0 aliphatic carbocycles. The van der Waals surface area contributed by atoms with Gasteiger partial charge in [-0.15, -0.1) is 0 Å². The van der Waals surface area contributed by atoms with Crippen molar-refractivity contribution in [2.45, 2.75) is 39.7 Å². The van der Waals surface area contributed by atoms with Crippen molar-refractivity contribution in [2.75, 3.05) is 20.3 Å². The Morgan fingerprint density at radius 3 is 2.49 bits per heavy atom. The SMILES string of the molecule is CCCC1=C(C(=O)OCC)[C@@H](c2cc(Br)ccc2OC)n2c(s/c(=C/c3cc(I)c(OCC)c(I)c3)c2=O)=N1. The van der Waals surface area contributed by atoms with Gasteiger partial charge in [-0.3, -0.25) is 9.36 Å². The van der Waals surface area contributed by atoms with E-state index in [4.69, 9.17) is 19.2 Å². The van der Waals surface area contributed by atoms with Crippen LogP contribution in [0, 0.1) is 7.14 Å². The second kappa shape index (κ2) is 13.3. The van der Waals surface area contributed by atoms with E-state index in [2.05, 4.69) is 61.1 Å². The van der Waals surface area contributed by atoms with Gasteiger partial charge < -0.3 is 14.2 Å². The Morgan fingerprint density at radius 2 is 1.87 bits per heavy atom. The molecule has 0 bridgehead atoms. The number of thiazole rings is 1. The molecule has 0 unspecified atom stereocenters. The van der Waals surface area contributed by atoms with Crippen LogP contribution in [0.5, 0.6) is 11.5 Å². The summed E-state index contributed by atoms with van der Waals surface area (Å²) in [5.41, 5.74) is 2.31. The standard InChI is InChI=1S/C28H27BrI2N2O5S/c1-5-8-20-23(27(35)38-7-3)24(17-14-16(29)9-10-21(17)36-4)33-26(34)22(39-28(33)32-20)13-15-11-18(30)25(37-6-2)19(31)12-15/h9-14,24H,5-8H2,1-4H3/b22-13+/t24-/m1/s1. The van der Waals surface area contributed by atoms with Gasteiger partial charge >= 0.3 is 5.97 Å². The number of benzene rings is 2. The summed E-state index contributed by atoms with van der Waals surface area (Å²) in [6.07, 6.45) is 3.22. The van der Waals surface area contributed by atoms with Crippen molar-refractivity contribution in [1.82, 2.24) is 4.57 Å². The first-order valence-electron chi connectivity index (χ1n) is 12.4. The molecule has 0 radical (unpaired) electrons. The van der Waals surface area contributed by atoms with Crippen LogP contribution >= 0.6 is 72.4 Å². The van der Waals surface area contributed by atoms with Crippen molar-refractivity contribution in [1.29, 1.82) is 0 Å². The molecule has 0 amide bonds. The average Bonchev–Trinajstić information content (AvgIpc) is 3.20. The van der Waals surface area contributed by atoms with Crippen molar-refractivity contribution in [2.24, 2.45) is 4.99 Å². The third kappa shape index (κ3) is 6.30. The molecule has 1 aliphatic rings. The molecule has 0 saturated heterocycles. The van der Waals surface area contributed by atoms with Crippen LogP contribution in [0.15, 0.2) is 55.9 Å². The van der Waals surface area contributed by atoms with Crippen LogP contribution in [-0.2, 0) is 9.53 Å². The van der Waals surface area contributed by atoms with E-state index in [1.54, 1.807) is 18.6 Å². The second-order valence-electron chi connectivity index (χ2n) is 8.55. The Morgan fingerprint density at radius 1 is 1.15 bits per heavy atom. The highest BCUT2D eigenvalue weighted by molar-refractivity contribution is 14.1. The lowest BCUT2D eigenvalue weighted by Crippen LogP contribution is -2.40. The lowest BCUT2D eigenvalue weighted by Gasteiger charge is -2.27. The van der Waals surface area contributed by atoms with E-state index < -0.39 is 12.0 Å². The van der Waals surface area contributed by atoms with Crippen LogP contribution in [0.25, 0.3) is 6.08 Å². The van der Waals surface area contributed by atoms with Crippen LogP contribution in [0.2, 0.25) is 0 Å². The maximum Gasteiger partial charge on any atom is 0.338 e. The van der Waals surface area contributed by atoms with Gasteiger partial charge in [0.1, 0.15) is 17.5 Å². The Hall–Kier alpha value is -1.71. The summed E-state index contributed by atoms with van der Waals surface area (Å²) < 4.78 is 21.8. The number of allylic oxidation sites excluding steroid dienone is 1. The first kappa shape index (κ1) is 30.3. The largest absolute Gasteiger partial charge is 0.496 e. The Kier molecular flexibility index (Phi) is 10.3. The highest BCUT2D eigenvalue weighted by Gasteiger charge is 2.36. The molecule has 0 spiro atoms. The van der Waals surface area contributed by atoms with Crippen LogP contribution < -0.4 is 24.4 Å². The molecule has 39 heavy (non-hydrogen) atoms. The van der Waals surface area contributed by atoms with Crippen molar-refractivity contribution in [3.8, 4) is 11.5 Å². The third-order valence-corrected chi connectivity index (χ3v) is 9.06. The molecule has 1 atom stereocenters. The maximum atomic E-state index is 14.0. The first-order chi connectivity index (χ1) is 18.7. The molecule has 11 heteroatoms. The zero-order valence-corrected chi connectivity index (χ0v) is 28.6. The monoisotopic (exact) mass is 836 g/mol. The fourth-order valence-electron chi connectivity index (χ4n) is 4.43. The highest BCUT2D eigenvalue weighted by atomic mass is 127. The summed E-state index contributed by atoms with van der Waals surface area (Å²) in [6, 6.07) is 8.80. The van der Waals surface area contributed by atoms with Crippen LogP contribution in [0.3, 0.4) is 0 Å². The number of methoxy groups -OCH3 is 1. The number of fused-ring (bicyclic) bond motifs is 1. The first-order valence-corrected chi connectivity index (χ1v) is 16.2. The fraction of sp³-hybridized carbons (Fsp3) is 0.321. The van der Waals surface area contributed by atoms with Gasteiger partial charge in [-0.05, 0) is 107 Å². The number of hydrogen-bond donors (Lipinski definition) is 0. The van der Waals surface area contributed by atoms with E-state index in [1.165, 1.54) is 11.3 Å². The minimum absolute atomic E-state index is 0.212. The molecule has 0 saturated carbocycles. The Labute approximate surface area is 266 Å². The zero-order valence-electron chi connectivity index (χ0n) is 21.8. The molecule has 1 aliphatic heterocycles. The van der Waals surface area contributed by atoms with Crippen molar-refractivity contribution < 1.29 is 19.0 Å². The van der Waals surface area contributed by atoms with Crippen LogP contribution in [-0.4, -0.2) is 30.9 Å². The number of carbonyl (C=O) groups is 1. The molecule has 2 heterocycles. The predicted molar refractivity (Wildman–Crippen MR) is 173 cm³/mol. The van der Waals surface area contributed by atoms with Crippen LogP contribution in [0.4, 0.5) is 0 Å². The number of ether oxygens (including phenoxy) is 3. The average molecular weight is 837 g/mol. The van der Waals surface area contributed by atoms with E-state index in [-0.39, 0.29) is 12.2 Å². The van der Waals surface area contributed by atoms with E-state index in [0.717, 1.165) is 29.3 Å². The van der Waals surface area contributed by atoms with Crippen molar-refractivity contribution in [3.05, 3.63) is 84.0 Å². The number of nitrogens with zero attached hydrogens (tertiary/aromatic N) is 2. The summed E-state index contributed by atoms with van der Waals surface area (Å²) >= 11 is 9.36. The molecular formula is C28H27BrI2N2O5S. The topological polar surface area (TPSA) is 79.1 Å². The molecule has 0 N–H and O–H groups in total. The van der Waals surface area contributed by atoms with Crippen molar-refractivity contribution >= 4 is 84.5 Å². The van der Waals surface area contributed by atoms with Gasteiger partial charge in [0.25, 0.3) is 5.56 Å². The highest BCUT2D eigenvalue weighted by Crippen LogP contribution is 2.38. The molecule has 1 aromatic heterocycles. The van der Waals surface area contributed by atoms with Gasteiger partial charge in [0.2, 0.25) is 0 Å². The molecule has 2 aromatic carbocycles. The number of rotatable bonds is 9. The molecule has 7 nitrogen and oxygen atoms in total. The number of halogens is 3. The quantitative estimate of drug-likeness (QED) is 0.197.